The van der Waals surface area contributed by atoms with Crippen LogP contribution in [0.3, 0.4) is 0 Å². The summed E-state index contributed by atoms with van der Waals surface area (Å²) in [5, 5.41) is 0. The summed E-state index contributed by atoms with van der Waals surface area (Å²) in [6.45, 7) is 1.70. The Hall–Kier alpha value is -2.35. The molecule has 1 heterocycles. The van der Waals surface area contributed by atoms with Gasteiger partial charge < -0.3 is 9.64 Å². The first-order chi connectivity index (χ1) is 9.95. The summed E-state index contributed by atoms with van der Waals surface area (Å²) in [5.74, 6) is 0.300. The first-order valence-electron chi connectivity index (χ1n) is 6.49. The predicted molar refractivity (Wildman–Crippen MR) is 75.2 cm³/mol. The third-order valence-corrected chi connectivity index (χ3v) is 3.37. The van der Waals surface area contributed by atoms with Crippen molar-refractivity contribution < 1.29 is 18.3 Å². The Morgan fingerprint density at radius 3 is 2.62 bits per heavy atom. The topological polar surface area (TPSA) is 29.5 Å². The van der Waals surface area contributed by atoms with Crippen molar-refractivity contribution in [1.82, 2.24) is 4.90 Å². The Morgan fingerprint density at radius 1 is 1.43 bits per heavy atom. The van der Waals surface area contributed by atoms with E-state index in [1.165, 1.54) is 11.9 Å². The number of ether oxygens (including phenoxy) is 1. The van der Waals surface area contributed by atoms with Crippen LogP contribution in [0.2, 0.25) is 0 Å². The number of hydrogen-bond acceptors (Lipinski definition) is 2. The van der Waals surface area contributed by atoms with Gasteiger partial charge in [0.1, 0.15) is 24.0 Å². The summed E-state index contributed by atoms with van der Waals surface area (Å²) in [7, 11) is 1.51. The first-order valence-corrected chi connectivity index (χ1v) is 6.49. The SMILES string of the molecule is C#CCOc1cc(F)c(C2=CCC(C)C(=O)N2C)c(F)c1. The highest BCUT2D eigenvalue weighted by atomic mass is 19.1. The molecule has 21 heavy (non-hydrogen) atoms. The van der Waals surface area contributed by atoms with Crippen LogP contribution in [0, 0.1) is 29.9 Å². The van der Waals surface area contributed by atoms with Crippen LogP contribution in [0.15, 0.2) is 18.2 Å². The molecule has 5 heteroatoms. The number of allylic oxidation sites excluding steroid dienone is 1. The van der Waals surface area contributed by atoms with Crippen molar-refractivity contribution in [2.24, 2.45) is 5.92 Å². The maximum absolute atomic E-state index is 14.2. The van der Waals surface area contributed by atoms with Crippen LogP contribution < -0.4 is 4.74 Å². The number of rotatable bonds is 3. The van der Waals surface area contributed by atoms with E-state index in [2.05, 4.69) is 5.92 Å². The molecule has 0 saturated carbocycles. The quantitative estimate of drug-likeness (QED) is 0.801. The number of hydrogen-bond donors (Lipinski definition) is 0. The number of halogens is 2. The van der Waals surface area contributed by atoms with E-state index in [0.717, 1.165) is 12.1 Å². The van der Waals surface area contributed by atoms with Gasteiger partial charge >= 0.3 is 0 Å². The summed E-state index contributed by atoms with van der Waals surface area (Å²) < 4.78 is 33.3. The highest BCUT2D eigenvalue weighted by Crippen LogP contribution is 2.32. The zero-order valence-corrected chi connectivity index (χ0v) is 11.8. The monoisotopic (exact) mass is 291 g/mol. The number of amides is 1. The third-order valence-electron chi connectivity index (χ3n) is 3.37. The van der Waals surface area contributed by atoms with Crippen LogP contribution >= 0.6 is 0 Å². The lowest BCUT2D eigenvalue weighted by Crippen LogP contribution is -2.34. The van der Waals surface area contributed by atoms with Gasteiger partial charge in [-0.2, -0.15) is 0 Å². The van der Waals surface area contributed by atoms with Crippen molar-refractivity contribution >= 4 is 11.6 Å². The molecule has 1 atom stereocenters. The fourth-order valence-corrected chi connectivity index (χ4v) is 2.25. The second-order valence-electron chi connectivity index (χ2n) is 4.88. The van der Waals surface area contributed by atoms with Gasteiger partial charge in [0, 0.05) is 25.1 Å². The number of benzene rings is 1. The van der Waals surface area contributed by atoms with Crippen LogP contribution in [0.4, 0.5) is 8.78 Å². The van der Waals surface area contributed by atoms with E-state index < -0.39 is 11.6 Å². The molecule has 1 unspecified atom stereocenters. The summed E-state index contributed by atoms with van der Waals surface area (Å²) in [6.07, 6.45) is 7.14. The van der Waals surface area contributed by atoms with Gasteiger partial charge in [-0.15, -0.1) is 6.42 Å². The Labute approximate surface area is 122 Å². The van der Waals surface area contributed by atoms with Crippen molar-refractivity contribution in [2.45, 2.75) is 13.3 Å². The third kappa shape index (κ3) is 2.89. The van der Waals surface area contributed by atoms with E-state index in [0.29, 0.717) is 6.42 Å². The van der Waals surface area contributed by atoms with Gasteiger partial charge in [0.05, 0.1) is 11.3 Å². The molecule has 1 aromatic rings. The molecular weight excluding hydrogens is 276 g/mol. The van der Waals surface area contributed by atoms with Crippen molar-refractivity contribution in [3.63, 3.8) is 0 Å². The van der Waals surface area contributed by atoms with Crippen molar-refractivity contribution in [2.75, 3.05) is 13.7 Å². The normalized spacial score (nSPS) is 18.2. The second kappa shape index (κ2) is 5.96. The second-order valence-corrected chi connectivity index (χ2v) is 4.88. The van der Waals surface area contributed by atoms with E-state index in [9.17, 15) is 13.6 Å². The Balaban J connectivity index is 2.41. The van der Waals surface area contributed by atoms with E-state index in [-0.39, 0.29) is 35.4 Å². The minimum absolute atomic E-state index is 0.0189. The van der Waals surface area contributed by atoms with E-state index in [1.54, 1.807) is 13.0 Å². The van der Waals surface area contributed by atoms with E-state index >= 15 is 0 Å². The minimum atomic E-state index is -0.789. The average molecular weight is 291 g/mol. The van der Waals surface area contributed by atoms with Gasteiger partial charge in [0.25, 0.3) is 0 Å². The molecule has 1 aromatic carbocycles. The average Bonchev–Trinajstić information content (AvgIpc) is 2.44. The van der Waals surface area contributed by atoms with Crippen LogP contribution in [0.5, 0.6) is 5.75 Å². The van der Waals surface area contributed by atoms with Gasteiger partial charge in [0.2, 0.25) is 5.91 Å². The molecule has 0 aliphatic carbocycles. The maximum Gasteiger partial charge on any atom is 0.229 e. The first kappa shape index (κ1) is 15.0. The number of nitrogens with zero attached hydrogens (tertiary/aromatic N) is 1. The van der Waals surface area contributed by atoms with Crippen LogP contribution in [0.25, 0.3) is 5.70 Å². The molecule has 1 aliphatic rings. The van der Waals surface area contributed by atoms with Gasteiger partial charge in [0.15, 0.2) is 0 Å². The van der Waals surface area contributed by atoms with Crippen LogP contribution in [-0.2, 0) is 4.79 Å². The largest absolute Gasteiger partial charge is 0.481 e. The minimum Gasteiger partial charge on any atom is -0.481 e. The fourth-order valence-electron chi connectivity index (χ4n) is 2.25. The highest BCUT2D eigenvalue weighted by molar-refractivity contribution is 5.90. The van der Waals surface area contributed by atoms with Crippen molar-refractivity contribution in [3.8, 4) is 18.1 Å². The zero-order chi connectivity index (χ0) is 15.6. The van der Waals surface area contributed by atoms with E-state index in [1.807, 2.05) is 0 Å². The lowest BCUT2D eigenvalue weighted by atomic mass is 9.97. The molecular formula is C16H15F2NO2. The number of carbonyl (C=O) groups excluding carboxylic acids is 1. The van der Waals surface area contributed by atoms with Gasteiger partial charge in [-0.3, -0.25) is 4.79 Å². The summed E-state index contributed by atoms with van der Waals surface area (Å²) in [5.41, 5.74) is 0.00223. The number of carbonyl (C=O) groups is 1. The van der Waals surface area contributed by atoms with Gasteiger partial charge in [-0.25, -0.2) is 8.78 Å². The molecule has 0 saturated heterocycles. The molecule has 3 nitrogen and oxygen atoms in total. The van der Waals surface area contributed by atoms with Gasteiger partial charge in [-0.1, -0.05) is 18.9 Å². The van der Waals surface area contributed by atoms with Crippen LogP contribution in [0.1, 0.15) is 18.9 Å². The van der Waals surface area contributed by atoms with Crippen LogP contribution in [-0.4, -0.2) is 24.5 Å². The standard InChI is InChI=1S/C16H15F2NO2/c1-4-7-21-11-8-12(17)15(13(18)9-11)14-6-5-10(2)16(20)19(14)3/h1,6,8-10H,5,7H2,2-3H3. The van der Waals surface area contributed by atoms with Crippen molar-refractivity contribution in [1.29, 1.82) is 0 Å². The Morgan fingerprint density at radius 2 is 2.05 bits per heavy atom. The molecule has 1 aliphatic heterocycles. The Kier molecular flexibility index (Phi) is 4.27. The molecule has 0 spiro atoms. The van der Waals surface area contributed by atoms with Crippen molar-refractivity contribution in [3.05, 3.63) is 35.4 Å². The molecule has 1 amide bonds. The predicted octanol–water partition coefficient (Wildman–Crippen LogP) is 2.82. The molecule has 2 rings (SSSR count). The smallest absolute Gasteiger partial charge is 0.229 e. The fraction of sp³-hybridized carbons (Fsp3) is 0.312. The highest BCUT2D eigenvalue weighted by Gasteiger charge is 2.28. The number of terminal acetylenes is 1. The summed E-state index contributed by atoms with van der Waals surface area (Å²) in [4.78, 5) is 13.2. The van der Waals surface area contributed by atoms with Gasteiger partial charge in [-0.05, 0) is 6.42 Å². The Bertz CT molecular complexity index is 623. The molecule has 0 fully saturated rings. The molecule has 0 radical (unpaired) electrons. The zero-order valence-electron chi connectivity index (χ0n) is 11.8. The summed E-state index contributed by atoms with van der Waals surface area (Å²) >= 11 is 0. The maximum atomic E-state index is 14.2. The molecule has 0 aromatic heterocycles. The molecule has 0 N–H and O–H groups in total. The lowest BCUT2D eigenvalue weighted by molar-refractivity contribution is -0.131. The lowest BCUT2D eigenvalue weighted by Gasteiger charge is -2.29. The molecule has 0 bridgehead atoms. The van der Waals surface area contributed by atoms with E-state index in [4.69, 9.17) is 11.2 Å². The molecule has 110 valence electrons. The summed E-state index contributed by atoms with van der Waals surface area (Å²) in [6, 6.07) is 2.12.